The van der Waals surface area contributed by atoms with E-state index in [-0.39, 0.29) is 16.6 Å². The highest BCUT2D eigenvalue weighted by molar-refractivity contribution is 7.99. The van der Waals surface area contributed by atoms with Gasteiger partial charge in [-0.25, -0.2) is 13.4 Å². The molecule has 1 aliphatic heterocycles. The van der Waals surface area contributed by atoms with Crippen LogP contribution in [0.3, 0.4) is 0 Å². The second-order valence-corrected chi connectivity index (χ2v) is 9.69. The lowest BCUT2D eigenvalue weighted by atomic mass is 10.1. The Bertz CT molecular complexity index is 909. The lowest BCUT2D eigenvalue weighted by Gasteiger charge is -2.15. The maximum Gasteiger partial charge on any atom is 0.244 e. The molecule has 0 unspecified atom stereocenters. The quantitative estimate of drug-likeness (QED) is 0.666. The van der Waals surface area contributed by atoms with Crippen molar-refractivity contribution in [2.75, 3.05) is 25.4 Å². The Hall–Kier alpha value is -1.90. The minimum Gasteiger partial charge on any atom is -0.355 e. The first-order valence-corrected chi connectivity index (χ1v) is 11.8. The average Bonchev–Trinajstić information content (AvgIpc) is 3.24. The Morgan fingerprint density at radius 1 is 1.18 bits per heavy atom. The van der Waals surface area contributed by atoms with E-state index < -0.39 is 10.0 Å². The molecule has 0 aliphatic carbocycles. The van der Waals surface area contributed by atoms with Crippen LogP contribution in [-0.4, -0.2) is 49.0 Å². The van der Waals surface area contributed by atoms with E-state index in [9.17, 15) is 13.2 Å². The zero-order valence-electron chi connectivity index (χ0n) is 15.9. The van der Waals surface area contributed by atoms with Gasteiger partial charge in [-0.3, -0.25) is 4.79 Å². The van der Waals surface area contributed by atoms with Crippen molar-refractivity contribution in [2.24, 2.45) is 0 Å². The molecule has 2 aromatic rings. The summed E-state index contributed by atoms with van der Waals surface area (Å²) >= 11 is 1.30. The fourth-order valence-electron chi connectivity index (χ4n) is 3.10. The number of thioether (sulfide) groups is 1. The van der Waals surface area contributed by atoms with Gasteiger partial charge in [0.15, 0.2) is 0 Å². The maximum absolute atomic E-state index is 12.5. The predicted molar refractivity (Wildman–Crippen MR) is 111 cm³/mol. The molecule has 0 bridgehead atoms. The van der Waals surface area contributed by atoms with Crippen LogP contribution in [0.1, 0.15) is 24.0 Å². The number of benzene rings is 1. The Labute approximate surface area is 170 Å². The van der Waals surface area contributed by atoms with Crippen molar-refractivity contribution in [1.82, 2.24) is 14.6 Å². The van der Waals surface area contributed by atoms with E-state index in [2.05, 4.69) is 29.4 Å². The molecule has 1 amide bonds. The molecular formula is C20H25N3O3S2. The summed E-state index contributed by atoms with van der Waals surface area (Å²) in [6.07, 6.45) is 3.98. The van der Waals surface area contributed by atoms with Crippen LogP contribution in [0.15, 0.2) is 52.5 Å². The summed E-state index contributed by atoms with van der Waals surface area (Å²) in [7, 11) is -3.45. The summed E-state index contributed by atoms with van der Waals surface area (Å²) in [6, 6.07) is 11.4. The fraction of sp³-hybridized carbons (Fsp3) is 0.400. The maximum atomic E-state index is 12.5. The number of aromatic nitrogens is 1. The van der Waals surface area contributed by atoms with Gasteiger partial charge in [-0.15, -0.1) is 0 Å². The van der Waals surface area contributed by atoms with E-state index in [1.807, 2.05) is 12.1 Å². The number of nitrogens with zero attached hydrogens (tertiary/aromatic N) is 2. The van der Waals surface area contributed by atoms with Crippen LogP contribution in [0.2, 0.25) is 0 Å². The molecule has 1 aromatic carbocycles. The molecule has 0 radical (unpaired) electrons. The van der Waals surface area contributed by atoms with Crippen LogP contribution in [0, 0.1) is 6.92 Å². The third-order valence-corrected chi connectivity index (χ3v) is 7.57. The van der Waals surface area contributed by atoms with Crippen molar-refractivity contribution in [2.45, 2.75) is 36.1 Å². The lowest BCUT2D eigenvalue weighted by Crippen LogP contribution is -2.28. The molecule has 1 aliphatic rings. The molecule has 0 saturated carbocycles. The van der Waals surface area contributed by atoms with Gasteiger partial charge in [0, 0.05) is 25.8 Å². The third kappa shape index (κ3) is 5.33. The number of pyridine rings is 1. The number of carbonyl (C=O) groups is 1. The Morgan fingerprint density at radius 2 is 1.93 bits per heavy atom. The van der Waals surface area contributed by atoms with E-state index in [0.717, 1.165) is 19.3 Å². The van der Waals surface area contributed by atoms with Gasteiger partial charge in [-0.05, 0) is 49.4 Å². The van der Waals surface area contributed by atoms with Crippen molar-refractivity contribution in [3.05, 3.63) is 53.7 Å². The molecule has 8 heteroatoms. The predicted octanol–water partition coefficient (Wildman–Crippen LogP) is 2.63. The van der Waals surface area contributed by atoms with Gasteiger partial charge in [-0.2, -0.15) is 4.31 Å². The van der Waals surface area contributed by atoms with Crippen LogP contribution in [0.4, 0.5) is 0 Å². The highest BCUT2D eigenvalue weighted by Crippen LogP contribution is 2.22. The van der Waals surface area contributed by atoms with Crippen LogP contribution >= 0.6 is 11.8 Å². The molecular weight excluding hydrogens is 394 g/mol. The topological polar surface area (TPSA) is 79.4 Å². The number of carbonyl (C=O) groups excluding carboxylic acids is 1. The van der Waals surface area contributed by atoms with Gasteiger partial charge in [-0.1, -0.05) is 36.0 Å². The largest absolute Gasteiger partial charge is 0.355 e. The standard InChI is InChI=1S/C20H25N3O3S2/c1-16-6-2-3-7-17(16)10-11-21-19(24)15-27-20-9-8-18(14-22-20)28(25,26)23-12-4-5-13-23/h2-3,6-9,14H,4-5,10-13,15H2,1H3,(H,21,24). The average molecular weight is 420 g/mol. The normalized spacial score (nSPS) is 14.9. The SMILES string of the molecule is Cc1ccccc1CCNC(=O)CSc1ccc(S(=O)(=O)N2CCCC2)cn1. The van der Waals surface area contributed by atoms with Crippen molar-refractivity contribution in [1.29, 1.82) is 0 Å². The van der Waals surface area contributed by atoms with Crippen molar-refractivity contribution in [3.63, 3.8) is 0 Å². The van der Waals surface area contributed by atoms with Crippen LogP contribution < -0.4 is 5.32 Å². The number of aryl methyl sites for hydroxylation is 1. The Morgan fingerprint density at radius 3 is 2.61 bits per heavy atom. The molecule has 0 spiro atoms. The fourth-order valence-corrected chi connectivity index (χ4v) is 5.24. The molecule has 150 valence electrons. The van der Waals surface area contributed by atoms with Crippen LogP contribution in [0.5, 0.6) is 0 Å². The van der Waals surface area contributed by atoms with Gasteiger partial charge in [0.2, 0.25) is 15.9 Å². The third-order valence-electron chi connectivity index (χ3n) is 4.74. The molecule has 6 nitrogen and oxygen atoms in total. The molecule has 0 atom stereocenters. The number of hydrogen-bond donors (Lipinski definition) is 1. The van der Waals surface area contributed by atoms with Crippen LogP contribution in [0.25, 0.3) is 0 Å². The molecule has 28 heavy (non-hydrogen) atoms. The van der Waals surface area contributed by atoms with E-state index >= 15 is 0 Å². The van der Waals surface area contributed by atoms with Crippen molar-refractivity contribution >= 4 is 27.7 Å². The first kappa shape index (κ1) is 20.8. The van der Waals surface area contributed by atoms with Gasteiger partial charge < -0.3 is 5.32 Å². The summed E-state index contributed by atoms with van der Waals surface area (Å²) in [5.41, 5.74) is 2.45. The number of amides is 1. The number of rotatable bonds is 8. The summed E-state index contributed by atoms with van der Waals surface area (Å²) in [5.74, 6) is 0.188. The van der Waals surface area contributed by atoms with E-state index in [1.165, 1.54) is 33.4 Å². The Kier molecular flexibility index (Phi) is 7.09. The lowest BCUT2D eigenvalue weighted by molar-refractivity contribution is -0.118. The molecule has 1 fully saturated rings. The van der Waals surface area contributed by atoms with Gasteiger partial charge in [0.1, 0.15) is 4.90 Å². The number of hydrogen-bond acceptors (Lipinski definition) is 5. The van der Waals surface area contributed by atoms with Crippen molar-refractivity contribution < 1.29 is 13.2 Å². The number of nitrogens with one attached hydrogen (secondary N) is 1. The smallest absolute Gasteiger partial charge is 0.244 e. The molecule has 3 rings (SSSR count). The van der Waals surface area contributed by atoms with E-state index in [4.69, 9.17) is 0 Å². The van der Waals surface area contributed by atoms with Gasteiger partial charge in [0.25, 0.3) is 0 Å². The first-order chi connectivity index (χ1) is 13.5. The Balaban J connectivity index is 1.45. The zero-order valence-corrected chi connectivity index (χ0v) is 17.6. The molecule has 1 N–H and O–H groups in total. The highest BCUT2D eigenvalue weighted by atomic mass is 32.2. The molecule has 1 saturated heterocycles. The number of sulfonamides is 1. The van der Waals surface area contributed by atoms with Gasteiger partial charge >= 0.3 is 0 Å². The summed E-state index contributed by atoms with van der Waals surface area (Å²) in [6.45, 7) is 3.79. The zero-order chi connectivity index (χ0) is 20.0. The molecule has 2 heterocycles. The highest BCUT2D eigenvalue weighted by Gasteiger charge is 2.27. The minimum absolute atomic E-state index is 0.0610. The second-order valence-electron chi connectivity index (χ2n) is 6.76. The van der Waals surface area contributed by atoms with E-state index in [1.54, 1.807) is 12.1 Å². The summed E-state index contributed by atoms with van der Waals surface area (Å²) < 4.78 is 26.5. The van der Waals surface area contributed by atoms with E-state index in [0.29, 0.717) is 24.7 Å². The van der Waals surface area contributed by atoms with Crippen molar-refractivity contribution in [3.8, 4) is 0 Å². The summed E-state index contributed by atoms with van der Waals surface area (Å²) in [4.78, 5) is 16.4. The summed E-state index contributed by atoms with van der Waals surface area (Å²) in [5, 5.41) is 3.54. The monoisotopic (exact) mass is 419 g/mol. The van der Waals surface area contributed by atoms with Crippen LogP contribution in [-0.2, 0) is 21.2 Å². The van der Waals surface area contributed by atoms with Gasteiger partial charge in [0.05, 0.1) is 10.8 Å². The first-order valence-electron chi connectivity index (χ1n) is 9.37. The molecule has 1 aromatic heterocycles. The second kappa shape index (κ2) is 9.54. The minimum atomic E-state index is -3.45.